The van der Waals surface area contributed by atoms with Crippen molar-refractivity contribution >= 4 is 29.0 Å². The number of hydrogen-bond acceptors (Lipinski definition) is 7. The minimum atomic E-state index is -0.172. The Kier molecular flexibility index (Phi) is 4.64. The molecule has 134 valence electrons. The average Bonchev–Trinajstić information content (AvgIpc) is 3.33. The van der Waals surface area contributed by atoms with E-state index in [2.05, 4.69) is 15.5 Å². The minimum Gasteiger partial charge on any atom is -0.355 e. The Morgan fingerprint density at radius 1 is 1.46 bits per heavy atom. The number of aromatic nitrogens is 3. The van der Waals surface area contributed by atoms with Crippen molar-refractivity contribution in [3.63, 3.8) is 0 Å². The van der Waals surface area contributed by atoms with Crippen LogP contribution in [0.4, 0.5) is 0 Å². The molecule has 1 atom stereocenters. The zero-order valence-electron chi connectivity index (χ0n) is 14.0. The van der Waals surface area contributed by atoms with E-state index < -0.39 is 0 Å². The second-order valence-electron chi connectivity index (χ2n) is 5.99. The lowest BCUT2D eigenvalue weighted by atomic mass is 10.2. The first-order chi connectivity index (χ1) is 12.6. The molecule has 1 N–H and O–H groups in total. The number of nitrogens with zero attached hydrogens (tertiary/aromatic N) is 3. The van der Waals surface area contributed by atoms with Crippen LogP contribution in [0.5, 0.6) is 0 Å². The first-order valence-electron chi connectivity index (χ1n) is 8.09. The molecule has 0 bridgehead atoms. The SMILES string of the molecule is Cc1cc(=O)n2c(n1)SCC2CC(=O)NCc1cc(-c2cccs2)on1. The number of nitrogens with one attached hydrogen (secondary N) is 1. The molecule has 0 fully saturated rings. The van der Waals surface area contributed by atoms with E-state index in [1.54, 1.807) is 22.8 Å². The van der Waals surface area contributed by atoms with Crippen molar-refractivity contribution in [1.82, 2.24) is 20.0 Å². The summed E-state index contributed by atoms with van der Waals surface area (Å²) >= 11 is 3.08. The van der Waals surface area contributed by atoms with E-state index in [1.165, 1.54) is 17.8 Å². The van der Waals surface area contributed by atoms with Crippen LogP contribution in [0.3, 0.4) is 0 Å². The standard InChI is InChI=1S/C17H16N4O3S2/c1-10-5-16(23)21-12(9-26-17(21)19-10)7-15(22)18-8-11-6-13(24-20-11)14-3-2-4-25-14/h2-6,12H,7-9H2,1H3,(H,18,22). The topological polar surface area (TPSA) is 90.0 Å². The highest BCUT2D eigenvalue weighted by Crippen LogP contribution is 2.32. The molecular weight excluding hydrogens is 372 g/mol. The van der Waals surface area contributed by atoms with Crippen molar-refractivity contribution < 1.29 is 9.32 Å². The smallest absolute Gasteiger partial charge is 0.254 e. The lowest BCUT2D eigenvalue weighted by molar-refractivity contribution is -0.121. The highest BCUT2D eigenvalue weighted by molar-refractivity contribution is 7.99. The van der Waals surface area contributed by atoms with Crippen molar-refractivity contribution in [3.05, 3.63) is 51.4 Å². The molecule has 0 spiro atoms. The van der Waals surface area contributed by atoms with E-state index in [0.717, 1.165) is 4.88 Å². The Balaban J connectivity index is 1.37. The molecule has 3 aromatic rings. The number of fused-ring (bicyclic) bond motifs is 1. The molecule has 0 aliphatic carbocycles. The zero-order chi connectivity index (χ0) is 18.1. The van der Waals surface area contributed by atoms with Gasteiger partial charge in [0.05, 0.1) is 17.5 Å². The predicted octanol–water partition coefficient (Wildman–Crippen LogP) is 2.62. The Morgan fingerprint density at radius 3 is 3.15 bits per heavy atom. The number of thiophene rings is 1. The summed E-state index contributed by atoms with van der Waals surface area (Å²) in [7, 11) is 0. The van der Waals surface area contributed by atoms with Gasteiger partial charge in [0, 0.05) is 30.0 Å². The van der Waals surface area contributed by atoms with E-state index in [4.69, 9.17) is 4.52 Å². The van der Waals surface area contributed by atoms with Gasteiger partial charge in [0.1, 0.15) is 5.69 Å². The van der Waals surface area contributed by atoms with Gasteiger partial charge in [-0.25, -0.2) is 4.98 Å². The van der Waals surface area contributed by atoms with Crippen LogP contribution >= 0.6 is 23.1 Å². The normalized spacial score (nSPS) is 15.8. The van der Waals surface area contributed by atoms with E-state index in [9.17, 15) is 9.59 Å². The molecular formula is C17H16N4O3S2. The number of carbonyl (C=O) groups is 1. The van der Waals surface area contributed by atoms with Gasteiger partial charge in [-0.05, 0) is 18.4 Å². The number of thioether (sulfide) groups is 1. The van der Waals surface area contributed by atoms with Gasteiger partial charge in [-0.15, -0.1) is 11.3 Å². The molecule has 0 saturated carbocycles. The highest BCUT2D eigenvalue weighted by Gasteiger charge is 2.27. The van der Waals surface area contributed by atoms with E-state index in [1.807, 2.05) is 23.6 Å². The van der Waals surface area contributed by atoms with Gasteiger partial charge in [-0.2, -0.15) is 0 Å². The number of hydrogen-bond donors (Lipinski definition) is 1. The monoisotopic (exact) mass is 388 g/mol. The molecule has 4 rings (SSSR count). The fourth-order valence-electron chi connectivity index (χ4n) is 2.82. The molecule has 26 heavy (non-hydrogen) atoms. The third-order valence-electron chi connectivity index (χ3n) is 4.03. The second-order valence-corrected chi connectivity index (χ2v) is 7.93. The largest absolute Gasteiger partial charge is 0.355 e. The average molecular weight is 388 g/mol. The Hall–Kier alpha value is -2.39. The van der Waals surface area contributed by atoms with Gasteiger partial charge >= 0.3 is 0 Å². The molecule has 7 nitrogen and oxygen atoms in total. The maximum atomic E-state index is 12.3. The van der Waals surface area contributed by atoms with Crippen molar-refractivity contribution in [3.8, 4) is 10.6 Å². The van der Waals surface area contributed by atoms with Gasteiger partial charge < -0.3 is 9.84 Å². The fourth-order valence-corrected chi connectivity index (χ4v) is 4.69. The molecule has 0 saturated heterocycles. The summed E-state index contributed by atoms with van der Waals surface area (Å²) < 4.78 is 6.91. The number of rotatable bonds is 5. The fraction of sp³-hybridized carbons (Fsp3) is 0.294. The van der Waals surface area contributed by atoms with Crippen molar-refractivity contribution in [2.45, 2.75) is 31.1 Å². The third-order valence-corrected chi connectivity index (χ3v) is 6.01. The summed E-state index contributed by atoms with van der Waals surface area (Å²) in [4.78, 5) is 29.8. The van der Waals surface area contributed by atoms with Crippen molar-refractivity contribution in [2.24, 2.45) is 0 Å². The molecule has 9 heteroatoms. The van der Waals surface area contributed by atoms with E-state index >= 15 is 0 Å². The Labute approximate surface area is 157 Å². The van der Waals surface area contributed by atoms with Crippen molar-refractivity contribution in [1.29, 1.82) is 0 Å². The summed E-state index contributed by atoms with van der Waals surface area (Å²) in [5.74, 6) is 1.24. The second kappa shape index (κ2) is 7.08. The predicted molar refractivity (Wildman–Crippen MR) is 99.3 cm³/mol. The van der Waals surface area contributed by atoms with Gasteiger partial charge in [-0.1, -0.05) is 23.0 Å². The van der Waals surface area contributed by atoms with Gasteiger partial charge in [0.15, 0.2) is 10.9 Å². The quantitative estimate of drug-likeness (QED) is 0.676. The lowest BCUT2D eigenvalue weighted by Gasteiger charge is -2.12. The molecule has 0 aromatic carbocycles. The van der Waals surface area contributed by atoms with Crippen LogP contribution < -0.4 is 10.9 Å². The molecule has 1 amide bonds. The third kappa shape index (κ3) is 3.45. The lowest BCUT2D eigenvalue weighted by Crippen LogP contribution is -2.30. The first-order valence-corrected chi connectivity index (χ1v) is 9.96. The maximum Gasteiger partial charge on any atom is 0.254 e. The summed E-state index contributed by atoms with van der Waals surface area (Å²) in [5.41, 5.74) is 1.26. The molecule has 4 heterocycles. The molecule has 0 radical (unpaired) electrons. The van der Waals surface area contributed by atoms with Crippen LogP contribution in [0, 0.1) is 6.92 Å². The minimum absolute atomic E-state index is 0.104. The van der Waals surface area contributed by atoms with Gasteiger partial charge in [0.2, 0.25) is 5.91 Å². The van der Waals surface area contributed by atoms with Crippen LogP contribution in [0.15, 0.2) is 44.1 Å². The molecule has 1 aliphatic rings. The van der Waals surface area contributed by atoms with Crippen LogP contribution in [0.1, 0.15) is 23.9 Å². The zero-order valence-corrected chi connectivity index (χ0v) is 15.6. The molecule has 1 unspecified atom stereocenters. The first kappa shape index (κ1) is 17.0. The van der Waals surface area contributed by atoms with Crippen LogP contribution in [0.2, 0.25) is 0 Å². The summed E-state index contributed by atoms with van der Waals surface area (Å²) in [5, 5.41) is 9.48. The van der Waals surface area contributed by atoms with Crippen LogP contribution in [-0.4, -0.2) is 26.4 Å². The van der Waals surface area contributed by atoms with Gasteiger partial charge in [0.25, 0.3) is 5.56 Å². The Morgan fingerprint density at radius 2 is 2.35 bits per heavy atom. The Bertz CT molecular complexity index is 994. The van der Waals surface area contributed by atoms with Crippen LogP contribution in [-0.2, 0) is 11.3 Å². The summed E-state index contributed by atoms with van der Waals surface area (Å²) in [6.45, 7) is 2.09. The van der Waals surface area contributed by atoms with E-state index in [-0.39, 0.29) is 23.9 Å². The van der Waals surface area contributed by atoms with Crippen molar-refractivity contribution in [2.75, 3.05) is 5.75 Å². The number of carbonyl (C=O) groups excluding carboxylic acids is 1. The van der Waals surface area contributed by atoms with E-state index in [0.29, 0.717) is 34.6 Å². The van der Waals surface area contributed by atoms with Gasteiger partial charge in [-0.3, -0.25) is 14.2 Å². The summed E-state index contributed by atoms with van der Waals surface area (Å²) in [6.07, 6.45) is 0.236. The number of amides is 1. The molecule has 1 aliphatic heterocycles. The molecule has 3 aromatic heterocycles. The van der Waals surface area contributed by atoms with Crippen LogP contribution in [0.25, 0.3) is 10.6 Å². The highest BCUT2D eigenvalue weighted by atomic mass is 32.2. The summed E-state index contributed by atoms with van der Waals surface area (Å²) in [6, 6.07) is 7.05. The maximum absolute atomic E-state index is 12.3. The number of aryl methyl sites for hydroxylation is 1.